The molecule has 1 aromatic rings. The average Bonchev–Trinajstić information content (AvgIpc) is 2.25. The van der Waals surface area contributed by atoms with Crippen molar-refractivity contribution in [2.45, 2.75) is 25.2 Å². The molecular formula is C11H15F3N2O. The standard InChI is InChI=1S/C11H15F3N2O/c1-6(16-2)10(17)8-4-3-7(5-9(8)15)11(12,13)14/h3-6,10,16-17H,15H2,1-2H3. The number of hydrogen-bond donors (Lipinski definition) is 3. The van der Waals surface area contributed by atoms with Gasteiger partial charge in [-0.3, -0.25) is 0 Å². The van der Waals surface area contributed by atoms with Crippen LogP contribution in [0.15, 0.2) is 18.2 Å². The fourth-order valence-corrected chi connectivity index (χ4v) is 1.45. The highest BCUT2D eigenvalue weighted by atomic mass is 19.4. The fourth-order valence-electron chi connectivity index (χ4n) is 1.45. The molecule has 0 aliphatic heterocycles. The van der Waals surface area contributed by atoms with Crippen molar-refractivity contribution in [3.8, 4) is 0 Å². The van der Waals surface area contributed by atoms with Gasteiger partial charge in [-0.1, -0.05) is 6.07 Å². The smallest absolute Gasteiger partial charge is 0.398 e. The summed E-state index contributed by atoms with van der Waals surface area (Å²) in [5.41, 5.74) is 4.94. The first-order valence-corrected chi connectivity index (χ1v) is 5.09. The average molecular weight is 248 g/mol. The minimum Gasteiger partial charge on any atom is -0.398 e. The SMILES string of the molecule is CNC(C)C(O)c1ccc(C(F)(F)F)cc1N. The summed E-state index contributed by atoms with van der Waals surface area (Å²) in [4.78, 5) is 0. The summed E-state index contributed by atoms with van der Waals surface area (Å²) >= 11 is 0. The zero-order valence-corrected chi connectivity index (χ0v) is 9.55. The molecule has 0 bridgehead atoms. The van der Waals surface area contributed by atoms with Crippen molar-refractivity contribution in [2.75, 3.05) is 12.8 Å². The van der Waals surface area contributed by atoms with Crippen LogP contribution in [-0.2, 0) is 6.18 Å². The molecule has 0 aromatic heterocycles. The number of benzene rings is 1. The van der Waals surface area contributed by atoms with E-state index in [0.29, 0.717) is 5.56 Å². The highest BCUT2D eigenvalue weighted by Crippen LogP contribution is 2.33. The maximum atomic E-state index is 12.4. The Kier molecular flexibility index (Phi) is 4.00. The number of aliphatic hydroxyl groups is 1. The van der Waals surface area contributed by atoms with Crippen LogP contribution < -0.4 is 11.1 Å². The first kappa shape index (κ1) is 13.8. The van der Waals surface area contributed by atoms with Gasteiger partial charge in [-0.2, -0.15) is 13.2 Å². The summed E-state index contributed by atoms with van der Waals surface area (Å²) in [6.45, 7) is 1.71. The van der Waals surface area contributed by atoms with Crippen LogP contribution >= 0.6 is 0 Å². The van der Waals surface area contributed by atoms with Gasteiger partial charge in [0.05, 0.1) is 11.7 Å². The predicted molar refractivity (Wildman–Crippen MR) is 59.3 cm³/mol. The molecule has 0 aliphatic carbocycles. The molecule has 0 saturated carbocycles. The molecule has 0 saturated heterocycles. The number of aliphatic hydroxyl groups excluding tert-OH is 1. The van der Waals surface area contributed by atoms with Crippen LogP contribution in [0.1, 0.15) is 24.2 Å². The van der Waals surface area contributed by atoms with E-state index >= 15 is 0 Å². The Labute approximate surface area is 97.4 Å². The van der Waals surface area contributed by atoms with Crippen LogP contribution in [0.25, 0.3) is 0 Å². The number of likely N-dealkylation sites (N-methyl/N-ethyl adjacent to an activating group) is 1. The van der Waals surface area contributed by atoms with Crippen molar-refractivity contribution >= 4 is 5.69 Å². The molecule has 1 aromatic carbocycles. The molecule has 0 amide bonds. The Balaban J connectivity index is 3.06. The molecule has 2 unspecified atom stereocenters. The van der Waals surface area contributed by atoms with Crippen molar-refractivity contribution in [3.05, 3.63) is 29.3 Å². The monoisotopic (exact) mass is 248 g/mol. The van der Waals surface area contributed by atoms with E-state index in [4.69, 9.17) is 5.73 Å². The van der Waals surface area contributed by atoms with E-state index in [1.165, 1.54) is 6.07 Å². The van der Waals surface area contributed by atoms with Gasteiger partial charge in [0.2, 0.25) is 0 Å². The van der Waals surface area contributed by atoms with Crippen LogP contribution in [0.4, 0.5) is 18.9 Å². The normalized spacial score (nSPS) is 15.6. The molecule has 2 atom stereocenters. The van der Waals surface area contributed by atoms with Gasteiger partial charge in [0.25, 0.3) is 0 Å². The highest BCUT2D eigenvalue weighted by Gasteiger charge is 2.31. The topological polar surface area (TPSA) is 58.3 Å². The summed E-state index contributed by atoms with van der Waals surface area (Å²) in [7, 11) is 1.65. The third kappa shape index (κ3) is 3.10. The summed E-state index contributed by atoms with van der Waals surface area (Å²) < 4.78 is 37.2. The molecule has 3 nitrogen and oxygen atoms in total. The van der Waals surface area contributed by atoms with Crippen molar-refractivity contribution in [2.24, 2.45) is 0 Å². The second kappa shape index (κ2) is 4.93. The third-order valence-electron chi connectivity index (χ3n) is 2.66. The van der Waals surface area contributed by atoms with Crippen molar-refractivity contribution in [1.29, 1.82) is 0 Å². The van der Waals surface area contributed by atoms with Gasteiger partial charge < -0.3 is 16.2 Å². The Hall–Kier alpha value is -1.27. The number of anilines is 1. The lowest BCUT2D eigenvalue weighted by molar-refractivity contribution is -0.137. The number of nitrogens with one attached hydrogen (secondary N) is 1. The van der Waals surface area contributed by atoms with Gasteiger partial charge in [0.1, 0.15) is 0 Å². The summed E-state index contributed by atoms with van der Waals surface area (Å²) in [6.07, 6.45) is -5.37. The Morgan fingerprint density at radius 3 is 2.35 bits per heavy atom. The van der Waals surface area contributed by atoms with E-state index in [-0.39, 0.29) is 11.7 Å². The molecule has 6 heteroatoms. The number of nitrogens with two attached hydrogens (primary N) is 1. The van der Waals surface area contributed by atoms with Crippen molar-refractivity contribution < 1.29 is 18.3 Å². The largest absolute Gasteiger partial charge is 0.416 e. The molecule has 0 fully saturated rings. The minimum absolute atomic E-state index is 0.0607. The molecule has 0 radical (unpaired) electrons. The van der Waals surface area contributed by atoms with Gasteiger partial charge in [0.15, 0.2) is 0 Å². The van der Waals surface area contributed by atoms with E-state index in [1.54, 1.807) is 14.0 Å². The van der Waals surface area contributed by atoms with Crippen LogP contribution in [0, 0.1) is 0 Å². The second-order valence-electron chi connectivity index (χ2n) is 3.86. The fraction of sp³-hybridized carbons (Fsp3) is 0.455. The maximum Gasteiger partial charge on any atom is 0.416 e. The van der Waals surface area contributed by atoms with Gasteiger partial charge in [-0.05, 0) is 26.1 Å². The maximum absolute atomic E-state index is 12.4. The minimum atomic E-state index is -4.42. The zero-order valence-electron chi connectivity index (χ0n) is 9.55. The van der Waals surface area contributed by atoms with Crippen LogP contribution in [0.2, 0.25) is 0 Å². The Bertz CT molecular complexity index is 393. The molecular weight excluding hydrogens is 233 g/mol. The van der Waals surface area contributed by atoms with Gasteiger partial charge in [-0.25, -0.2) is 0 Å². The molecule has 17 heavy (non-hydrogen) atoms. The predicted octanol–water partition coefficient (Wildman–Crippen LogP) is 1.93. The van der Waals surface area contributed by atoms with Gasteiger partial charge in [-0.15, -0.1) is 0 Å². The highest BCUT2D eigenvalue weighted by molar-refractivity contribution is 5.51. The second-order valence-corrected chi connectivity index (χ2v) is 3.86. The third-order valence-corrected chi connectivity index (χ3v) is 2.66. The zero-order chi connectivity index (χ0) is 13.2. The van der Waals surface area contributed by atoms with Crippen molar-refractivity contribution in [1.82, 2.24) is 5.32 Å². The first-order chi connectivity index (χ1) is 7.77. The lowest BCUT2D eigenvalue weighted by Gasteiger charge is -2.20. The summed E-state index contributed by atoms with van der Waals surface area (Å²) in [5.74, 6) is 0. The molecule has 96 valence electrons. The van der Waals surface area contributed by atoms with E-state index in [2.05, 4.69) is 5.32 Å². The molecule has 0 heterocycles. The van der Waals surface area contributed by atoms with Gasteiger partial charge >= 0.3 is 6.18 Å². The van der Waals surface area contributed by atoms with E-state index < -0.39 is 17.8 Å². The van der Waals surface area contributed by atoms with Crippen molar-refractivity contribution in [3.63, 3.8) is 0 Å². The number of nitrogen functional groups attached to an aromatic ring is 1. The van der Waals surface area contributed by atoms with E-state index in [9.17, 15) is 18.3 Å². The molecule has 0 aliphatic rings. The number of rotatable bonds is 3. The summed E-state index contributed by atoms with van der Waals surface area (Å²) in [6, 6.07) is 2.66. The lowest BCUT2D eigenvalue weighted by atomic mass is 10.00. The quantitative estimate of drug-likeness (QED) is 0.716. The van der Waals surface area contributed by atoms with Crippen LogP contribution in [0.5, 0.6) is 0 Å². The first-order valence-electron chi connectivity index (χ1n) is 5.09. The lowest BCUT2D eigenvalue weighted by Crippen LogP contribution is -2.29. The Morgan fingerprint density at radius 2 is 1.94 bits per heavy atom. The van der Waals surface area contributed by atoms with E-state index in [0.717, 1.165) is 12.1 Å². The van der Waals surface area contributed by atoms with Crippen LogP contribution in [-0.4, -0.2) is 18.2 Å². The molecule has 4 N–H and O–H groups in total. The molecule has 1 rings (SSSR count). The summed E-state index contributed by atoms with van der Waals surface area (Å²) in [5, 5.41) is 12.6. The Morgan fingerprint density at radius 1 is 1.35 bits per heavy atom. The number of alkyl halides is 3. The number of halogens is 3. The van der Waals surface area contributed by atoms with Gasteiger partial charge in [0, 0.05) is 17.3 Å². The molecule has 0 spiro atoms. The number of hydrogen-bond acceptors (Lipinski definition) is 3. The van der Waals surface area contributed by atoms with E-state index in [1.807, 2.05) is 0 Å². The van der Waals surface area contributed by atoms with Crippen LogP contribution in [0.3, 0.4) is 0 Å².